The lowest BCUT2D eigenvalue weighted by Gasteiger charge is -2.51. The lowest BCUT2D eigenvalue weighted by molar-refractivity contribution is -0.167. The van der Waals surface area contributed by atoms with Crippen molar-refractivity contribution in [3.05, 3.63) is 83.4 Å². The van der Waals surface area contributed by atoms with Crippen LogP contribution < -0.4 is 9.47 Å². The minimum absolute atomic E-state index is 0.00612. The molecule has 0 saturated carbocycles. The Balaban J connectivity index is 1.55. The van der Waals surface area contributed by atoms with E-state index in [-0.39, 0.29) is 30.8 Å². The highest BCUT2D eigenvalue weighted by molar-refractivity contribution is 6.01. The van der Waals surface area contributed by atoms with Crippen LogP contribution in [0.5, 0.6) is 11.5 Å². The molecular formula is C29H29N3O5. The molecule has 1 unspecified atom stereocenters. The fourth-order valence-corrected chi connectivity index (χ4v) is 5.94. The fourth-order valence-electron chi connectivity index (χ4n) is 5.94. The van der Waals surface area contributed by atoms with Gasteiger partial charge in [-0.25, -0.2) is 0 Å². The molecule has 2 aromatic carbocycles. The van der Waals surface area contributed by atoms with Crippen molar-refractivity contribution in [2.24, 2.45) is 0 Å². The number of ether oxygens (including phenoxy) is 2. The van der Waals surface area contributed by atoms with Gasteiger partial charge in [-0.05, 0) is 43.7 Å². The number of benzene rings is 2. The van der Waals surface area contributed by atoms with Gasteiger partial charge in [0.25, 0.3) is 5.91 Å². The number of carbonyl (C=O) groups is 2. The maximum absolute atomic E-state index is 14.1. The molecule has 0 bridgehead atoms. The third kappa shape index (κ3) is 3.43. The van der Waals surface area contributed by atoms with Crippen molar-refractivity contribution >= 4 is 22.7 Å². The van der Waals surface area contributed by atoms with Crippen molar-refractivity contribution in [2.45, 2.75) is 31.8 Å². The first kappa shape index (κ1) is 23.2. The Morgan fingerprint density at radius 2 is 1.95 bits per heavy atom. The first-order chi connectivity index (χ1) is 18.0. The van der Waals surface area contributed by atoms with Gasteiger partial charge in [0.1, 0.15) is 12.3 Å². The molecule has 37 heavy (non-hydrogen) atoms. The van der Waals surface area contributed by atoms with Gasteiger partial charge < -0.3 is 28.7 Å². The molecule has 1 saturated heterocycles. The monoisotopic (exact) mass is 499 g/mol. The van der Waals surface area contributed by atoms with Crippen LogP contribution in [0.1, 0.15) is 42.3 Å². The van der Waals surface area contributed by atoms with Gasteiger partial charge in [0.15, 0.2) is 17.0 Å². The Morgan fingerprint density at radius 1 is 1.11 bits per heavy atom. The average molecular weight is 500 g/mol. The number of nitrogens with zero attached hydrogens (tertiary/aromatic N) is 2. The highest BCUT2D eigenvalue weighted by atomic mass is 16.5. The number of para-hydroxylation sites is 2. The van der Waals surface area contributed by atoms with Gasteiger partial charge >= 0.3 is 0 Å². The quantitative estimate of drug-likeness (QED) is 0.425. The molecule has 4 heterocycles. The smallest absolute Gasteiger partial charge is 0.255 e. The number of hydrogen-bond acceptors (Lipinski definition) is 5. The topological polar surface area (TPSA) is 88.0 Å². The summed E-state index contributed by atoms with van der Waals surface area (Å²) in [6, 6.07) is 17.5. The molecule has 1 fully saturated rings. The van der Waals surface area contributed by atoms with Crippen LogP contribution in [0, 0.1) is 0 Å². The normalized spacial score (nSPS) is 21.2. The van der Waals surface area contributed by atoms with Crippen molar-refractivity contribution in [1.82, 2.24) is 14.8 Å². The van der Waals surface area contributed by atoms with Crippen LogP contribution in [-0.2, 0) is 21.7 Å². The Morgan fingerprint density at radius 3 is 2.70 bits per heavy atom. The first-order valence-electron chi connectivity index (χ1n) is 12.5. The van der Waals surface area contributed by atoms with Gasteiger partial charge in [-0.15, -0.1) is 0 Å². The van der Waals surface area contributed by atoms with Crippen molar-refractivity contribution in [1.29, 1.82) is 0 Å². The van der Waals surface area contributed by atoms with E-state index >= 15 is 0 Å². The van der Waals surface area contributed by atoms with Crippen LogP contribution >= 0.6 is 0 Å². The lowest BCUT2D eigenvalue weighted by atomic mass is 9.76. The standard InChI is InChI=1S/C29H29N3O5/c1-4-36-26-19(11-7-13-23(26)35-3)21-16-32-24(33)17-31(15-18-9-8-14-37-18)28(34)29(32,2)27-25(21)20-10-5-6-12-22(20)30-27/h5-14,21,30H,4,15-17H2,1-3H3/t21?,29-/m0/s1. The van der Waals surface area contributed by atoms with E-state index in [0.717, 1.165) is 27.7 Å². The van der Waals surface area contributed by atoms with E-state index in [0.29, 0.717) is 30.4 Å². The number of nitrogens with one attached hydrogen (secondary N) is 1. The SMILES string of the molecule is CCOc1c(OC)cccc1C1CN2C(=O)CN(Cc3ccco3)C(=O)[C@]2(C)c2[nH]c3ccccc3c21. The second-order valence-corrected chi connectivity index (χ2v) is 9.64. The van der Waals surface area contributed by atoms with Gasteiger partial charge in [-0.2, -0.15) is 0 Å². The van der Waals surface area contributed by atoms with Crippen LogP contribution in [0.3, 0.4) is 0 Å². The maximum atomic E-state index is 14.1. The van der Waals surface area contributed by atoms with E-state index in [9.17, 15) is 9.59 Å². The van der Waals surface area contributed by atoms with E-state index < -0.39 is 5.54 Å². The Labute approximate surface area is 214 Å². The Bertz CT molecular complexity index is 1490. The van der Waals surface area contributed by atoms with E-state index in [1.807, 2.05) is 56.3 Å². The highest BCUT2D eigenvalue weighted by Gasteiger charge is 2.56. The van der Waals surface area contributed by atoms with Gasteiger partial charge in [0.05, 0.1) is 32.2 Å². The molecule has 8 heteroatoms. The van der Waals surface area contributed by atoms with E-state index in [1.54, 1.807) is 29.2 Å². The highest BCUT2D eigenvalue weighted by Crippen LogP contribution is 2.50. The van der Waals surface area contributed by atoms with E-state index in [1.165, 1.54) is 0 Å². The van der Waals surface area contributed by atoms with Crippen molar-refractivity contribution < 1.29 is 23.5 Å². The zero-order valence-electron chi connectivity index (χ0n) is 21.1. The van der Waals surface area contributed by atoms with Crippen LogP contribution in [0.25, 0.3) is 10.9 Å². The van der Waals surface area contributed by atoms with E-state index in [4.69, 9.17) is 13.9 Å². The molecule has 6 rings (SSSR count). The van der Waals surface area contributed by atoms with Gasteiger partial charge in [0.2, 0.25) is 5.91 Å². The molecule has 2 atom stereocenters. The minimum atomic E-state index is -1.18. The number of amides is 2. The first-order valence-corrected chi connectivity index (χ1v) is 12.5. The molecule has 190 valence electrons. The number of aromatic nitrogens is 1. The number of hydrogen-bond donors (Lipinski definition) is 1. The molecule has 0 aliphatic carbocycles. The third-order valence-corrected chi connectivity index (χ3v) is 7.64. The summed E-state index contributed by atoms with van der Waals surface area (Å²) in [5.74, 6) is 1.48. The summed E-state index contributed by atoms with van der Waals surface area (Å²) in [5.41, 5.74) is 2.40. The van der Waals surface area contributed by atoms with Crippen LogP contribution in [0.4, 0.5) is 0 Å². The molecule has 2 aromatic heterocycles. The minimum Gasteiger partial charge on any atom is -0.493 e. The number of carbonyl (C=O) groups excluding carboxylic acids is 2. The summed E-state index contributed by atoms with van der Waals surface area (Å²) in [6.07, 6.45) is 1.57. The predicted molar refractivity (Wildman–Crippen MR) is 137 cm³/mol. The van der Waals surface area contributed by atoms with Crippen LogP contribution in [0.2, 0.25) is 0 Å². The number of methoxy groups -OCH3 is 1. The second kappa shape index (κ2) is 8.73. The van der Waals surface area contributed by atoms with Gasteiger partial charge in [-0.3, -0.25) is 9.59 Å². The number of aromatic amines is 1. The summed E-state index contributed by atoms with van der Waals surface area (Å²) in [7, 11) is 1.62. The summed E-state index contributed by atoms with van der Waals surface area (Å²) in [4.78, 5) is 34.7. The zero-order chi connectivity index (χ0) is 25.7. The van der Waals surface area contributed by atoms with Crippen molar-refractivity contribution in [3.8, 4) is 11.5 Å². The van der Waals surface area contributed by atoms with Crippen LogP contribution in [-0.4, -0.2) is 53.4 Å². The number of H-pyrrole nitrogens is 1. The molecule has 2 amide bonds. The van der Waals surface area contributed by atoms with Crippen molar-refractivity contribution in [2.75, 3.05) is 26.8 Å². The molecular weight excluding hydrogens is 470 g/mol. The molecule has 8 nitrogen and oxygen atoms in total. The molecule has 4 aromatic rings. The second-order valence-electron chi connectivity index (χ2n) is 9.64. The summed E-state index contributed by atoms with van der Waals surface area (Å²) < 4.78 is 17.2. The van der Waals surface area contributed by atoms with Crippen LogP contribution in [0.15, 0.2) is 65.3 Å². The summed E-state index contributed by atoms with van der Waals surface area (Å²) >= 11 is 0. The largest absolute Gasteiger partial charge is 0.493 e. The molecule has 2 aliphatic heterocycles. The molecule has 2 aliphatic rings. The Hall–Kier alpha value is -4.20. The molecule has 1 N–H and O–H groups in total. The average Bonchev–Trinajstić information content (AvgIpc) is 3.56. The Kier molecular flexibility index (Phi) is 5.47. The maximum Gasteiger partial charge on any atom is 0.255 e. The van der Waals surface area contributed by atoms with E-state index in [2.05, 4.69) is 11.1 Å². The predicted octanol–water partition coefficient (Wildman–Crippen LogP) is 4.40. The lowest BCUT2D eigenvalue weighted by Crippen LogP contribution is -2.67. The van der Waals surface area contributed by atoms with Gasteiger partial charge in [-0.1, -0.05) is 30.3 Å². The number of rotatable bonds is 6. The summed E-state index contributed by atoms with van der Waals surface area (Å²) in [6.45, 7) is 4.84. The molecule has 0 radical (unpaired) electrons. The number of fused-ring (bicyclic) bond motifs is 5. The zero-order valence-corrected chi connectivity index (χ0v) is 21.1. The molecule has 0 spiro atoms. The summed E-state index contributed by atoms with van der Waals surface area (Å²) in [5, 5.41) is 1.03. The fraction of sp³-hybridized carbons (Fsp3) is 0.310. The number of furan rings is 1. The van der Waals surface area contributed by atoms with Gasteiger partial charge in [0, 0.05) is 28.9 Å². The third-order valence-electron chi connectivity index (χ3n) is 7.64. The van der Waals surface area contributed by atoms with Crippen molar-refractivity contribution in [3.63, 3.8) is 0 Å². The number of piperazine rings is 1.